The number of methoxy groups -OCH3 is 1. The van der Waals surface area contributed by atoms with E-state index in [1.165, 1.54) is 19.2 Å². The maximum absolute atomic E-state index is 12.5. The lowest BCUT2D eigenvalue weighted by Gasteiger charge is -2.12. The van der Waals surface area contributed by atoms with Gasteiger partial charge in [-0.25, -0.2) is 0 Å². The zero-order chi connectivity index (χ0) is 11.5. The number of hydrogen-bond donors (Lipinski definition) is 0. The van der Waals surface area contributed by atoms with Gasteiger partial charge in [0.05, 0.1) is 12.7 Å². The molecule has 15 heavy (non-hydrogen) atoms. The van der Waals surface area contributed by atoms with Crippen LogP contribution in [-0.4, -0.2) is 12.4 Å². The Hall–Kier alpha value is -0.710. The number of aryl methyl sites for hydroxylation is 1. The number of alkyl halides is 4. The highest BCUT2D eigenvalue weighted by Gasteiger charge is 2.34. The van der Waals surface area contributed by atoms with Crippen LogP contribution in [0.15, 0.2) is 18.2 Å². The number of rotatable bonds is 3. The van der Waals surface area contributed by atoms with E-state index in [0.29, 0.717) is 11.8 Å². The average molecular weight is 283 g/mol. The smallest absolute Gasteiger partial charge is 0.419 e. The van der Waals surface area contributed by atoms with Gasteiger partial charge in [-0.2, -0.15) is 13.2 Å². The largest absolute Gasteiger partial charge is 0.496 e. The molecular weight excluding hydrogens is 273 g/mol. The summed E-state index contributed by atoms with van der Waals surface area (Å²) in [6, 6.07) is 3.94. The van der Waals surface area contributed by atoms with Crippen molar-refractivity contribution in [3.05, 3.63) is 29.3 Å². The predicted octanol–water partition coefficient (Wildman–Crippen LogP) is 3.65. The fourth-order valence-electron chi connectivity index (χ4n) is 1.23. The Kier molecular flexibility index (Phi) is 4.02. The molecule has 5 heteroatoms. The van der Waals surface area contributed by atoms with Crippen molar-refractivity contribution < 1.29 is 17.9 Å². The van der Waals surface area contributed by atoms with Crippen LogP contribution < -0.4 is 4.74 Å². The van der Waals surface area contributed by atoms with E-state index >= 15 is 0 Å². The van der Waals surface area contributed by atoms with Crippen molar-refractivity contribution >= 4 is 15.9 Å². The molecule has 0 aromatic heterocycles. The Morgan fingerprint density at radius 3 is 2.47 bits per heavy atom. The van der Waals surface area contributed by atoms with Crippen LogP contribution in [0.1, 0.15) is 11.1 Å². The van der Waals surface area contributed by atoms with E-state index in [0.717, 1.165) is 11.6 Å². The van der Waals surface area contributed by atoms with Crippen LogP contribution in [0.3, 0.4) is 0 Å². The average Bonchev–Trinajstić information content (AvgIpc) is 2.16. The summed E-state index contributed by atoms with van der Waals surface area (Å²) in [4.78, 5) is 0. The van der Waals surface area contributed by atoms with Gasteiger partial charge < -0.3 is 4.74 Å². The van der Waals surface area contributed by atoms with Crippen LogP contribution in [0.4, 0.5) is 13.2 Å². The van der Waals surface area contributed by atoms with E-state index in [1.807, 2.05) is 0 Å². The van der Waals surface area contributed by atoms with Crippen molar-refractivity contribution in [2.45, 2.75) is 12.6 Å². The topological polar surface area (TPSA) is 9.23 Å². The SMILES string of the molecule is COc1cc(CCBr)ccc1C(F)(F)F. The van der Waals surface area contributed by atoms with Gasteiger partial charge in [0, 0.05) is 5.33 Å². The molecule has 0 saturated heterocycles. The minimum absolute atomic E-state index is 0.124. The molecule has 0 N–H and O–H groups in total. The van der Waals surface area contributed by atoms with Crippen molar-refractivity contribution in [3.8, 4) is 5.75 Å². The lowest BCUT2D eigenvalue weighted by Crippen LogP contribution is -2.07. The monoisotopic (exact) mass is 282 g/mol. The van der Waals surface area contributed by atoms with E-state index in [2.05, 4.69) is 15.9 Å². The lowest BCUT2D eigenvalue weighted by molar-refractivity contribution is -0.138. The van der Waals surface area contributed by atoms with Gasteiger partial charge in [0.25, 0.3) is 0 Å². The summed E-state index contributed by atoms with van der Waals surface area (Å²) < 4.78 is 42.1. The Labute approximate surface area is 94.4 Å². The standard InChI is InChI=1S/C10H10BrF3O/c1-15-9-6-7(4-5-11)2-3-8(9)10(12,13)14/h2-3,6H,4-5H2,1H3. The van der Waals surface area contributed by atoms with Gasteiger partial charge in [-0.15, -0.1) is 0 Å². The minimum Gasteiger partial charge on any atom is -0.496 e. The summed E-state index contributed by atoms with van der Waals surface area (Å²) in [5.41, 5.74) is 0.0834. The van der Waals surface area contributed by atoms with Gasteiger partial charge in [0.15, 0.2) is 0 Å². The van der Waals surface area contributed by atoms with Gasteiger partial charge >= 0.3 is 6.18 Å². The summed E-state index contributed by atoms with van der Waals surface area (Å²) in [6.07, 6.45) is -3.69. The molecule has 0 unspecified atom stereocenters. The Bertz CT molecular complexity index is 336. The molecule has 0 aliphatic rings. The van der Waals surface area contributed by atoms with E-state index in [9.17, 15) is 13.2 Å². The summed E-state index contributed by atoms with van der Waals surface area (Å²) >= 11 is 3.23. The maximum atomic E-state index is 12.5. The van der Waals surface area contributed by atoms with Crippen molar-refractivity contribution in [2.75, 3.05) is 12.4 Å². The van der Waals surface area contributed by atoms with Gasteiger partial charge in [-0.05, 0) is 24.1 Å². The first kappa shape index (κ1) is 12.4. The summed E-state index contributed by atoms with van der Waals surface area (Å²) in [6.45, 7) is 0. The van der Waals surface area contributed by atoms with Crippen LogP contribution in [0.25, 0.3) is 0 Å². The summed E-state index contributed by atoms with van der Waals surface area (Å²) in [5, 5.41) is 0.710. The molecule has 1 rings (SSSR count). The minimum atomic E-state index is -4.36. The van der Waals surface area contributed by atoms with Crippen LogP contribution in [-0.2, 0) is 12.6 Å². The molecule has 0 heterocycles. The molecule has 1 aromatic rings. The van der Waals surface area contributed by atoms with Crippen LogP contribution in [0, 0.1) is 0 Å². The van der Waals surface area contributed by atoms with Gasteiger partial charge in [0.1, 0.15) is 5.75 Å². The van der Waals surface area contributed by atoms with Crippen LogP contribution in [0.5, 0.6) is 5.75 Å². The van der Waals surface area contributed by atoms with E-state index in [-0.39, 0.29) is 5.75 Å². The summed E-state index contributed by atoms with van der Waals surface area (Å²) in [7, 11) is 1.24. The third kappa shape index (κ3) is 3.12. The molecular formula is C10H10BrF3O. The lowest BCUT2D eigenvalue weighted by atomic mass is 10.1. The van der Waals surface area contributed by atoms with Gasteiger partial charge in [-0.1, -0.05) is 22.0 Å². The third-order valence-electron chi connectivity index (χ3n) is 1.95. The van der Waals surface area contributed by atoms with Gasteiger partial charge in [-0.3, -0.25) is 0 Å². The summed E-state index contributed by atoms with van der Waals surface area (Å²) in [5.74, 6) is -0.124. The first-order valence-electron chi connectivity index (χ1n) is 4.29. The normalized spacial score (nSPS) is 11.5. The Morgan fingerprint density at radius 2 is 2.00 bits per heavy atom. The molecule has 0 bridgehead atoms. The van der Waals surface area contributed by atoms with Crippen molar-refractivity contribution in [2.24, 2.45) is 0 Å². The molecule has 84 valence electrons. The van der Waals surface area contributed by atoms with E-state index < -0.39 is 11.7 Å². The first-order chi connectivity index (χ1) is 6.99. The molecule has 0 aliphatic heterocycles. The molecule has 0 saturated carbocycles. The van der Waals surface area contributed by atoms with Crippen LogP contribution in [0.2, 0.25) is 0 Å². The van der Waals surface area contributed by atoms with Crippen molar-refractivity contribution in [1.29, 1.82) is 0 Å². The highest BCUT2D eigenvalue weighted by atomic mass is 79.9. The van der Waals surface area contributed by atoms with E-state index in [4.69, 9.17) is 4.74 Å². The first-order valence-corrected chi connectivity index (χ1v) is 5.41. The highest BCUT2D eigenvalue weighted by molar-refractivity contribution is 9.09. The fraction of sp³-hybridized carbons (Fsp3) is 0.400. The molecule has 1 aromatic carbocycles. The van der Waals surface area contributed by atoms with Crippen molar-refractivity contribution in [3.63, 3.8) is 0 Å². The third-order valence-corrected chi connectivity index (χ3v) is 2.35. The molecule has 0 fully saturated rings. The zero-order valence-corrected chi connectivity index (χ0v) is 9.65. The number of ether oxygens (including phenoxy) is 1. The number of benzene rings is 1. The second-order valence-electron chi connectivity index (χ2n) is 2.97. The Morgan fingerprint density at radius 1 is 1.33 bits per heavy atom. The highest BCUT2D eigenvalue weighted by Crippen LogP contribution is 2.36. The Balaban J connectivity index is 3.09. The second-order valence-corrected chi connectivity index (χ2v) is 3.76. The molecule has 0 atom stereocenters. The second kappa shape index (κ2) is 4.88. The van der Waals surface area contributed by atoms with Crippen molar-refractivity contribution in [1.82, 2.24) is 0 Å². The molecule has 0 radical (unpaired) electrons. The zero-order valence-electron chi connectivity index (χ0n) is 8.07. The quantitative estimate of drug-likeness (QED) is 0.769. The molecule has 1 nitrogen and oxygen atoms in total. The molecule has 0 spiro atoms. The molecule has 0 amide bonds. The number of hydrogen-bond acceptors (Lipinski definition) is 1. The number of halogens is 4. The van der Waals surface area contributed by atoms with Crippen LogP contribution >= 0.6 is 15.9 Å². The fourth-order valence-corrected chi connectivity index (χ4v) is 1.69. The van der Waals surface area contributed by atoms with Gasteiger partial charge in [0.2, 0.25) is 0 Å². The maximum Gasteiger partial charge on any atom is 0.419 e. The van der Waals surface area contributed by atoms with E-state index in [1.54, 1.807) is 0 Å². The molecule has 0 aliphatic carbocycles. The predicted molar refractivity (Wildman–Crippen MR) is 55.5 cm³/mol.